The van der Waals surface area contributed by atoms with Crippen LogP contribution in [0.2, 0.25) is 0 Å². The van der Waals surface area contributed by atoms with Crippen molar-refractivity contribution in [2.75, 3.05) is 32.7 Å². The zero-order valence-corrected chi connectivity index (χ0v) is 15.6. The van der Waals surface area contributed by atoms with Crippen LogP contribution in [0.1, 0.15) is 77.0 Å². The molecule has 0 aromatic carbocycles. The Hall–Kier alpha value is -0.870. The van der Waals surface area contributed by atoms with Gasteiger partial charge < -0.3 is 16.0 Å². The molecule has 140 valence electrons. The van der Waals surface area contributed by atoms with Crippen LogP contribution in [-0.4, -0.2) is 43.5 Å². The van der Waals surface area contributed by atoms with Crippen molar-refractivity contribution < 1.29 is 4.79 Å². The van der Waals surface area contributed by atoms with Crippen LogP contribution in [-0.2, 0) is 4.79 Å². The van der Waals surface area contributed by atoms with Crippen molar-refractivity contribution in [3.05, 3.63) is 12.2 Å². The van der Waals surface area contributed by atoms with Crippen LogP contribution in [0.3, 0.4) is 0 Å². The Labute approximate surface area is 149 Å². The average molecular weight is 338 g/mol. The molecule has 24 heavy (non-hydrogen) atoms. The number of nitrogens with one attached hydrogen (secondary N) is 1. The minimum atomic E-state index is 0.169. The highest BCUT2D eigenvalue weighted by Crippen LogP contribution is 2.10. The summed E-state index contributed by atoms with van der Waals surface area (Å²) in [7, 11) is 0. The van der Waals surface area contributed by atoms with Gasteiger partial charge in [0.05, 0.1) is 0 Å². The van der Waals surface area contributed by atoms with E-state index in [1.807, 2.05) is 0 Å². The minimum absolute atomic E-state index is 0.169. The second-order valence-corrected chi connectivity index (χ2v) is 6.96. The number of nitrogens with two attached hydrogens (primary N) is 1. The lowest BCUT2D eigenvalue weighted by molar-refractivity contribution is -0.121. The average Bonchev–Trinajstić information content (AvgIpc) is 2.59. The largest absolute Gasteiger partial charge is 0.356 e. The lowest BCUT2D eigenvalue weighted by atomic mass is 10.1. The van der Waals surface area contributed by atoms with Crippen molar-refractivity contribution in [2.45, 2.75) is 77.0 Å². The Bertz CT molecular complexity index is 331. The van der Waals surface area contributed by atoms with E-state index >= 15 is 0 Å². The van der Waals surface area contributed by atoms with Crippen molar-refractivity contribution in [1.82, 2.24) is 10.2 Å². The van der Waals surface area contributed by atoms with Crippen molar-refractivity contribution in [3.8, 4) is 0 Å². The van der Waals surface area contributed by atoms with Crippen LogP contribution in [0.25, 0.3) is 0 Å². The van der Waals surface area contributed by atoms with E-state index in [-0.39, 0.29) is 5.91 Å². The summed E-state index contributed by atoms with van der Waals surface area (Å²) in [6, 6.07) is 0. The van der Waals surface area contributed by atoms with Gasteiger partial charge in [-0.15, -0.1) is 0 Å². The van der Waals surface area contributed by atoms with E-state index in [2.05, 4.69) is 22.4 Å². The third-order valence-corrected chi connectivity index (χ3v) is 4.72. The molecule has 0 radical (unpaired) electrons. The maximum Gasteiger partial charge on any atom is 0.221 e. The molecule has 0 spiro atoms. The fraction of sp³-hybridized carbons (Fsp3) is 0.850. The smallest absolute Gasteiger partial charge is 0.221 e. The Kier molecular flexibility index (Phi) is 13.8. The van der Waals surface area contributed by atoms with Crippen LogP contribution >= 0.6 is 0 Å². The molecule has 0 unspecified atom stereocenters. The van der Waals surface area contributed by atoms with Crippen molar-refractivity contribution >= 4 is 5.91 Å². The van der Waals surface area contributed by atoms with E-state index in [0.717, 1.165) is 26.1 Å². The Balaban J connectivity index is 2.28. The minimum Gasteiger partial charge on any atom is -0.356 e. The maximum absolute atomic E-state index is 11.9. The Morgan fingerprint density at radius 2 is 1.50 bits per heavy atom. The van der Waals surface area contributed by atoms with E-state index < -0.39 is 0 Å². The standard InChI is InChI=1S/C20H39N3O/c21-15-13-16-22-20(24)14-19-23-17-11-9-7-5-3-1-2-4-6-8-10-12-18-23/h3,5H,1-2,4,6-19,21H2,(H,22,24)/b5-3-. The van der Waals surface area contributed by atoms with E-state index in [1.165, 1.54) is 64.2 Å². The summed E-state index contributed by atoms with van der Waals surface area (Å²) in [6.45, 7) is 4.52. The second kappa shape index (κ2) is 15.6. The van der Waals surface area contributed by atoms with Gasteiger partial charge in [-0.3, -0.25) is 4.79 Å². The van der Waals surface area contributed by atoms with Crippen molar-refractivity contribution in [1.29, 1.82) is 0 Å². The molecule has 0 aliphatic carbocycles. The summed E-state index contributed by atoms with van der Waals surface area (Å²) >= 11 is 0. The predicted molar refractivity (Wildman–Crippen MR) is 103 cm³/mol. The number of allylic oxidation sites excluding steroid dienone is 2. The van der Waals surface area contributed by atoms with Crippen LogP contribution in [0.5, 0.6) is 0 Å². The summed E-state index contributed by atoms with van der Waals surface area (Å²) < 4.78 is 0. The van der Waals surface area contributed by atoms with Gasteiger partial charge in [0.1, 0.15) is 0 Å². The third-order valence-electron chi connectivity index (χ3n) is 4.72. The summed E-state index contributed by atoms with van der Waals surface area (Å²) in [6.07, 6.45) is 19.2. The van der Waals surface area contributed by atoms with Gasteiger partial charge in [-0.1, -0.05) is 37.8 Å². The first-order valence-corrected chi connectivity index (χ1v) is 10.2. The molecule has 0 aromatic heterocycles. The molecule has 0 saturated carbocycles. The van der Waals surface area contributed by atoms with E-state index in [0.29, 0.717) is 19.5 Å². The fourth-order valence-electron chi connectivity index (χ4n) is 3.15. The molecule has 0 saturated heterocycles. The van der Waals surface area contributed by atoms with Gasteiger partial charge in [-0.25, -0.2) is 0 Å². The lowest BCUT2D eigenvalue weighted by Crippen LogP contribution is -2.33. The monoisotopic (exact) mass is 337 g/mol. The molecule has 0 fully saturated rings. The SMILES string of the molecule is NCCCNC(=O)CCN1CCCC/C=C\CCCCCCCC1. The number of carbonyl (C=O) groups excluding carboxylic acids is 1. The highest BCUT2D eigenvalue weighted by atomic mass is 16.1. The van der Waals surface area contributed by atoms with E-state index in [1.54, 1.807) is 0 Å². The number of nitrogens with zero attached hydrogens (tertiary/aromatic N) is 1. The van der Waals surface area contributed by atoms with Gasteiger partial charge in [0.15, 0.2) is 0 Å². The summed E-state index contributed by atoms with van der Waals surface area (Å²) in [5.41, 5.74) is 5.46. The highest BCUT2D eigenvalue weighted by molar-refractivity contribution is 5.75. The van der Waals surface area contributed by atoms with Crippen LogP contribution in [0, 0.1) is 0 Å². The summed E-state index contributed by atoms with van der Waals surface area (Å²) in [4.78, 5) is 14.4. The van der Waals surface area contributed by atoms with Crippen molar-refractivity contribution in [2.24, 2.45) is 5.73 Å². The van der Waals surface area contributed by atoms with Gasteiger partial charge >= 0.3 is 0 Å². The molecule has 4 nitrogen and oxygen atoms in total. The lowest BCUT2D eigenvalue weighted by Gasteiger charge is -2.22. The van der Waals surface area contributed by atoms with Crippen LogP contribution in [0.15, 0.2) is 12.2 Å². The van der Waals surface area contributed by atoms with Gasteiger partial charge in [0, 0.05) is 19.5 Å². The quantitative estimate of drug-likeness (QED) is 0.575. The molecule has 3 N–H and O–H groups in total. The first-order valence-electron chi connectivity index (χ1n) is 10.2. The van der Waals surface area contributed by atoms with Gasteiger partial charge in [0.2, 0.25) is 5.91 Å². The van der Waals surface area contributed by atoms with Gasteiger partial charge in [-0.2, -0.15) is 0 Å². The molecule has 1 amide bonds. The number of amides is 1. The van der Waals surface area contributed by atoms with Gasteiger partial charge in [-0.05, 0) is 64.6 Å². The summed E-state index contributed by atoms with van der Waals surface area (Å²) in [5.74, 6) is 0.169. The second-order valence-electron chi connectivity index (χ2n) is 6.96. The molecule has 1 rings (SSSR count). The molecule has 1 aliphatic heterocycles. The normalized spacial score (nSPS) is 20.7. The molecule has 0 aromatic rings. The van der Waals surface area contributed by atoms with Gasteiger partial charge in [0.25, 0.3) is 0 Å². The topological polar surface area (TPSA) is 58.4 Å². The number of carbonyl (C=O) groups is 1. The molecule has 1 heterocycles. The van der Waals surface area contributed by atoms with E-state index in [9.17, 15) is 4.79 Å². The van der Waals surface area contributed by atoms with Crippen LogP contribution < -0.4 is 11.1 Å². The first kappa shape index (κ1) is 21.2. The molecular formula is C20H39N3O. The number of hydrogen-bond acceptors (Lipinski definition) is 3. The Morgan fingerprint density at radius 3 is 2.21 bits per heavy atom. The molecule has 0 atom stereocenters. The van der Waals surface area contributed by atoms with Crippen LogP contribution in [0.4, 0.5) is 0 Å². The number of rotatable bonds is 6. The fourth-order valence-corrected chi connectivity index (χ4v) is 3.15. The molecule has 1 aliphatic rings. The Morgan fingerprint density at radius 1 is 0.917 bits per heavy atom. The zero-order chi connectivity index (χ0) is 17.3. The predicted octanol–water partition coefficient (Wildman–Crippen LogP) is 3.61. The van der Waals surface area contributed by atoms with E-state index in [4.69, 9.17) is 5.73 Å². The number of hydrogen-bond donors (Lipinski definition) is 2. The maximum atomic E-state index is 11.9. The molecule has 4 heteroatoms. The highest BCUT2D eigenvalue weighted by Gasteiger charge is 2.08. The molecule has 0 bridgehead atoms. The summed E-state index contributed by atoms with van der Waals surface area (Å²) in [5, 5.41) is 2.96. The zero-order valence-electron chi connectivity index (χ0n) is 15.6. The third kappa shape index (κ3) is 12.5. The van der Waals surface area contributed by atoms with Crippen molar-refractivity contribution in [3.63, 3.8) is 0 Å². The molecular weight excluding hydrogens is 298 g/mol. The first-order chi connectivity index (χ1) is 11.8.